The molecule has 2 aliphatic rings. The molecule has 0 bridgehead atoms. The minimum Gasteiger partial charge on any atom is -0.447 e. The highest BCUT2D eigenvalue weighted by molar-refractivity contribution is 6.04. The summed E-state index contributed by atoms with van der Waals surface area (Å²) in [7, 11) is 0. The second kappa shape index (κ2) is 7.71. The molecule has 33 heavy (non-hydrogen) atoms. The molecule has 2 amide bonds. The Labute approximate surface area is 191 Å². The summed E-state index contributed by atoms with van der Waals surface area (Å²) in [6.07, 6.45) is -0.975. The largest absolute Gasteiger partial charge is 0.447 e. The van der Waals surface area contributed by atoms with Crippen molar-refractivity contribution in [3.63, 3.8) is 0 Å². The number of fused-ring (bicyclic) bond motifs is 3. The van der Waals surface area contributed by atoms with E-state index in [1.165, 1.54) is 9.80 Å². The molecule has 0 N–H and O–H groups in total. The average Bonchev–Trinajstić information content (AvgIpc) is 2.90. The van der Waals surface area contributed by atoms with Crippen LogP contribution in [0.15, 0.2) is 60.7 Å². The first-order valence-corrected chi connectivity index (χ1v) is 10.6. The van der Waals surface area contributed by atoms with Gasteiger partial charge in [0, 0.05) is 17.0 Å². The first kappa shape index (κ1) is 20.6. The van der Waals surface area contributed by atoms with E-state index in [4.69, 9.17) is 4.74 Å². The van der Waals surface area contributed by atoms with E-state index in [0.717, 1.165) is 17.0 Å². The van der Waals surface area contributed by atoms with Crippen molar-refractivity contribution in [1.82, 2.24) is 14.9 Å². The van der Waals surface area contributed by atoms with Crippen molar-refractivity contribution in [3.8, 4) is 12.1 Å². The standard InChI is InChI=1S/C25H21N5O3/c1-16-14-17(2)28-24(27-16)33-22-23(32)30-15-21(31)29(13-12-26)20-11-7-6-10-19(20)25(22,30)18-8-4-3-5-9-18/h3-11,14,22H,13,15H2,1-2H3/t22-,25+/m1/s1. The normalized spacial score (nSPS) is 21.4. The summed E-state index contributed by atoms with van der Waals surface area (Å²) in [5.41, 5.74) is 2.48. The molecule has 0 aliphatic carbocycles. The van der Waals surface area contributed by atoms with Crippen molar-refractivity contribution in [2.75, 3.05) is 18.0 Å². The lowest BCUT2D eigenvalue weighted by atomic mass is 9.69. The highest BCUT2D eigenvalue weighted by Crippen LogP contribution is 2.52. The van der Waals surface area contributed by atoms with Gasteiger partial charge in [-0.25, -0.2) is 9.97 Å². The molecule has 1 aromatic heterocycles. The van der Waals surface area contributed by atoms with Crippen LogP contribution in [-0.4, -0.2) is 45.9 Å². The number of aryl methyl sites for hydroxylation is 2. The number of hydrogen-bond acceptors (Lipinski definition) is 6. The summed E-state index contributed by atoms with van der Waals surface area (Å²) >= 11 is 0. The van der Waals surface area contributed by atoms with E-state index >= 15 is 0 Å². The second-order valence-corrected chi connectivity index (χ2v) is 8.14. The summed E-state index contributed by atoms with van der Waals surface area (Å²) < 4.78 is 6.19. The Morgan fingerprint density at radius 1 is 1.06 bits per heavy atom. The third-order valence-electron chi connectivity index (χ3n) is 6.12. The topological polar surface area (TPSA) is 99.4 Å². The predicted octanol–water partition coefficient (Wildman–Crippen LogP) is 2.50. The highest BCUT2D eigenvalue weighted by atomic mass is 16.5. The van der Waals surface area contributed by atoms with Gasteiger partial charge in [-0.05, 0) is 31.5 Å². The number of para-hydroxylation sites is 1. The van der Waals surface area contributed by atoms with Crippen molar-refractivity contribution in [2.24, 2.45) is 0 Å². The van der Waals surface area contributed by atoms with E-state index in [1.807, 2.05) is 68.4 Å². The Balaban J connectivity index is 1.74. The van der Waals surface area contributed by atoms with Gasteiger partial charge in [0.25, 0.3) is 5.91 Å². The molecule has 1 fully saturated rings. The van der Waals surface area contributed by atoms with Gasteiger partial charge in [0.05, 0.1) is 11.8 Å². The predicted molar refractivity (Wildman–Crippen MR) is 119 cm³/mol. The van der Waals surface area contributed by atoms with Crippen LogP contribution in [0, 0.1) is 25.2 Å². The molecule has 0 unspecified atom stereocenters. The summed E-state index contributed by atoms with van der Waals surface area (Å²) in [6.45, 7) is 3.39. The molecule has 0 spiro atoms. The van der Waals surface area contributed by atoms with E-state index in [2.05, 4.69) is 16.0 Å². The van der Waals surface area contributed by atoms with E-state index < -0.39 is 11.6 Å². The maximum absolute atomic E-state index is 13.4. The van der Waals surface area contributed by atoms with Gasteiger partial charge < -0.3 is 9.64 Å². The number of carbonyl (C=O) groups excluding carboxylic acids is 2. The van der Waals surface area contributed by atoms with Crippen molar-refractivity contribution in [1.29, 1.82) is 5.26 Å². The zero-order chi connectivity index (χ0) is 23.2. The molecule has 3 aromatic rings. The van der Waals surface area contributed by atoms with E-state index in [-0.39, 0.29) is 30.9 Å². The second-order valence-electron chi connectivity index (χ2n) is 8.14. The van der Waals surface area contributed by atoms with Crippen LogP contribution in [0.3, 0.4) is 0 Å². The SMILES string of the molecule is Cc1cc(C)nc(O[C@@H]2C(=O)N3CC(=O)N(CC#N)c4ccccc4[C@@]23c2ccccc2)n1. The number of hydrogen-bond donors (Lipinski definition) is 0. The minimum absolute atomic E-state index is 0.114. The van der Waals surface area contributed by atoms with E-state index in [9.17, 15) is 14.9 Å². The van der Waals surface area contributed by atoms with Crippen LogP contribution in [0.4, 0.5) is 5.69 Å². The van der Waals surface area contributed by atoms with Gasteiger partial charge in [-0.15, -0.1) is 0 Å². The van der Waals surface area contributed by atoms with Gasteiger partial charge in [0.1, 0.15) is 18.6 Å². The molecule has 8 nitrogen and oxygen atoms in total. The third-order valence-corrected chi connectivity index (χ3v) is 6.12. The van der Waals surface area contributed by atoms with Crippen LogP contribution in [0.1, 0.15) is 22.5 Å². The number of nitriles is 1. The number of anilines is 1. The molecule has 5 rings (SSSR count). The number of amides is 2. The molecule has 0 saturated carbocycles. The number of nitrogens with zero attached hydrogens (tertiary/aromatic N) is 5. The van der Waals surface area contributed by atoms with Crippen LogP contribution < -0.4 is 9.64 Å². The van der Waals surface area contributed by atoms with Crippen LogP contribution in [-0.2, 0) is 15.1 Å². The van der Waals surface area contributed by atoms with Gasteiger partial charge in [0.2, 0.25) is 12.0 Å². The molecular weight excluding hydrogens is 418 g/mol. The zero-order valence-corrected chi connectivity index (χ0v) is 18.2. The number of rotatable bonds is 4. The Hall–Kier alpha value is -4.25. The van der Waals surface area contributed by atoms with Crippen molar-refractivity contribution < 1.29 is 14.3 Å². The number of aromatic nitrogens is 2. The van der Waals surface area contributed by atoms with Crippen LogP contribution in [0.25, 0.3) is 0 Å². The van der Waals surface area contributed by atoms with Gasteiger partial charge in [-0.2, -0.15) is 5.26 Å². The first-order valence-electron chi connectivity index (χ1n) is 10.6. The maximum Gasteiger partial charge on any atom is 0.317 e. The zero-order valence-electron chi connectivity index (χ0n) is 18.2. The Bertz CT molecular complexity index is 1280. The van der Waals surface area contributed by atoms with Crippen LogP contribution >= 0.6 is 0 Å². The average molecular weight is 439 g/mol. The molecule has 1 saturated heterocycles. The van der Waals surface area contributed by atoms with Gasteiger partial charge >= 0.3 is 6.01 Å². The molecular formula is C25H21N5O3. The van der Waals surface area contributed by atoms with Gasteiger partial charge in [-0.3, -0.25) is 14.5 Å². The number of ether oxygens (including phenoxy) is 1. The smallest absolute Gasteiger partial charge is 0.317 e. The van der Waals surface area contributed by atoms with Crippen LogP contribution in [0.5, 0.6) is 6.01 Å². The van der Waals surface area contributed by atoms with E-state index in [0.29, 0.717) is 11.3 Å². The van der Waals surface area contributed by atoms with Crippen LogP contribution in [0.2, 0.25) is 0 Å². The molecule has 8 heteroatoms. The Morgan fingerprint density at radius 3 is 2.42 bits per heavy atom. The summed E-state index contributed by atoms with van der Waals surface area (Å²) in [5, 5.41) is 9.37. The lowest BCUT2D eigenvalue weighted by molar-refractivity contribution is -0.178. The Morgan fingerprint density at radius 2 is 1.73 bits per heavy atom. The number of benzene rings is 2. The fourth-order valence-corrected chi connectivity index (χ4v) is 4.83. The summed E-state index contributed by atoms with van der Waals surface area (Å²) in [4.78, 5) is 38.3. The summed E-state index contributed by atoms with van der Waals surface area (Å²) in [5.74, 6) is -0.653. The van der Waals surface area contributed by atoms with Crippen molar-refractivity contribution >= 4 is 17.5 Å². The van der Waals surface area contributed by atoms with Crippen molar-refractivity contribution in [2.45, 2.75) is 25.5 Å². The van der Waals surface area contributed by atoms with Gasteiger partial charge in [-0.1, -0.05) is 48.5 Å². The molecule has 164 valence electrons. The van der Waals surface area contributed by atoms with E-state index in [1.54, 1.807) is 6.07 Å². The van der Waals surface area contributed by atoms with Crippen molar-refractivity contribution in [3.05, 3.63) is 83.2 Å². The van der Waals surface area contributed by atoms with Gasteiger partial charge in [0.15, 0.2) is 0 Å². The lowest BCUT2D eigenvalue weighted by Crippen LogP contribution is -2.74. The number of β-lactam (4-membered cyclic amide) rings is 1. The molecule has 2 aliphatic heterocycles. The fourth-order valence-electron chi connectivity index (χ4n) is 4.83. The maximum atomic E-state index is 13.4. The number of carbonyl (C=O) groups is 2. The highest BCUT2D eigenvalue weighted by Gasteiger charge is 2.66. The molecule has 3 heterocycles. The fraction of sp³-hybridized carbons (Fsp3) is 0.240. The first-order chi connectivity index (χ1) is 16.0. The monoisotopic (exact) mass is 439 g/mol. The quantitative estimate of drug-likeness (QED) is 0.458. The third kappa shape index (κ3) is 3.04. The Kier molecular flexibility index (Phi) is 4.82. The lowest BCUT2D eigenvalue weighted by Gasteiger charge is -2.55. The molecule has 2 aromatic carbocycles. The summed E-state index contributed by atoms with van der Waals surface area (Å²) in [6, 6.07) is 20.8. The molecule has 2 atom stereocenters. The minimum atomic E-state index is -1.07. The molecule has 0 radical (unpaired) electrons.